The van der Waals surface area contributed by atoms with Gasteiger partial charge in [0.15, 0.2) is 0 Å². The van der Waals surface area contributed by atoms with Crippen molar-refractivity contribution in [1.29, 1.82) is 5.26 Å². The standard InChI is InChI=1S/C14H15N3/c1-14(2,3)11-6-7-13(16-10-11)17-8-4-5-12(17)9-15/h4-8,10H,1-3H3. The van der Waals surface area contributed by atoms with Crippen LogP contribution in [0.4, 0.5) is 0 Å². The Balaban J connectivity index is 2.40. The second kappa shape index (κ2) is 4.06. The van der Waals surface area contributed by atoms with Crippen LogP contribution >= 0.6 is 0 Å². The first-order valence-corrected chi connectivity index (χ1v) is 5.57. The van der Waals surface area contributed by atoms with Crippen LogP contribution in [0.15, 0.2) is 36.7 Å². The molecule has 0 bridgehead atoms. The van der Waals surface area contributed by atoms with Gasteiger partial charge in [-0.25, -0.2) is 4.98 Å². The zero-order chi connectivity index (χ0) is 12.5. The predicted octanol–water partition coefficient (Wildman–Crippen LogP) is 3.04. The molecule has 0 aromatic carbocycles. The van der Waals surface area contributed by atoms with Gasteiger partial charge in [-0.1, -0.05) is 26.8 Å². The van der Waals surface area contributed by atoms with E-state index in [0.717, 1.165) is 5.82 Å². The molecule has 0 radical (unpaired) electrons. The Morgan fingerprint density at radius 2 is 2.00 bits per heavy atom. The molecule has 0 fully saturated rings. The highest BCUT2D eigenvalue weighted by molar-refractivity contribution is 5.35. The highest BCUT2D eigenvalue weighted by atomic mass is 15.1. The number of hydrogen-bond donors (Lipinski definition) is 0. The quantitative estimate of drug-likeness (QED) is 0.748. The molecular weight excluding hydrogens is 210 g/mol. The summed E-state index contributed by atoms with van der Waals surface area (Å²) < 4.78 is 1.78. The van der Waals surface area contributed by atoms with Gasteiger partial charge in [0.1, 0.15) is 17.6 Å². The maximum atomic E-state index is 8.95. The molecule has 0 aliphatic rings. The molecule has 86 valence electrons. The molecule has 2 rings (SSSR count). The summed E-state index contributed by atoms with van der Waals surface area (Å²) in [4.78, 5) is 4.41. The molecule has 2 aromatic heterocycles. The summed E-state index contributed by atoms with van der Waals surface area (Å²) in [5.41, 5.74) is 1.88. The highest BCUT2D eigenvalue weighted by Gasteiger charge is 2.14. The number of pyridine rings is 1. The first kappa shape index (κ1) is 11.4. The molecule has 2 aromatic rings. The second-order valence-corrected chi connectivity index (χ2v) is 5.03. The fraction of sp³-hybridized carbons (Fsp3) is 0.286. The van der Waals surface area contributed by atoms with Gasteiger partial charge in [-0.05, 0) is 29.2 Å². The lowest BCUT2D eigenvalue weighted by Crippen LogP contribution is -2.12. The van der Waals surface area contributed by atoms with Crippen LogP contribution in [-0.4, -0.2) is 9.55 Å². The Kier molecular flexibility index (Phi) is 2.72. The first-order valence-electron chi connectivity index (χ1n) is 5.57. The topological polar surface area (TPSA) is 41.6 Å². The smallest absolute Gasteiger partial charge is 0.137 e. The number of nitriles is 1. The largest absolute Gasteiger partial charge is 0.293 e. The lowest BCUT2D eigenvalue weighted by atomic mass is 9.88. The SMILES string of the molecule is CC(C)(C)c1ccc(-n2cccc2C#N)nc1. The summed E-state index contributed by atoms with van der Waals surface area (Å²) in [7, 11) is 0. The minimum absolute atomic E-state index is 0.0975. The van der Waals surface area contributed by atoms with Gasteiger partial charge in [0.05, 0.1) is 0 Å². The molecule has 0 N–H and O–H groups in total. The van der Waals surface area contributed by atoms with E-state index in [1.807, 2.05) is 24.5 Å². The summed E-state index contributed by atoms with van der Waals surface area (Å²) in [6.45, 7) is 6.46. The van der Waals surface area contributed by atoms with Gasteiger partial charge >= 0.3 is 0 Å². The summed E-state index contributed by atoms with van der Waals surface area (Å²) in [6.07, 6.45) is 3.72. The maximum absolute atomic E-state index is 8.95. The number of hydrogen-bond acceptors (Lipinski definition) is 2. The summed E-state index contributed by atoms with van der Waals surface area (Å²) in [5.74, 6) is 0.777. The summed E-state index contributed by atoms with van der Waals surface area (Å²) in [6, 6.07) is 9.77. The van der Waals surface area contributed by atoms with Crippen LogP contribution < -0.4 is 0 Å². The summed E-state index contributed by atoms with van der Waals surface area (Å²) in [5, 5.41) is 8.95. The molecule has 0 spiro atoms. The van der Waals surface area contributed by atoms with Gasteiger partial charge < -0.3 is 0 Å². The second-order valence-electron chi connectivity index (χ2n) is 5.03. The summed E-state index contributed by atoms with van der Waals surface area (Å²) >= 11 is 0. The average molecular weight is 225 g/mol. The van der Waals surface area contributed by atoms with Gasteiger partial charge in [0.25, 0.3) is 0 Å². The van der Waals surface area contributed by atoms with Crippen LogP contribution in [0.5, 0.6) is 0 Å². The molecule has 0 aliphatic heterocycles. The molecule has 0 unspecified atom stereocenters. The molecular formula is C14H15N3. The minimum Gasteiger partial charge on any atom is -0.293 e. The van der Waals surface area contributed by atoms with E-state index in [9.17, 15) is 0 Å². The van der Waals surface area contributed by atoms with Crippen molar-refractivity contribution < 1.29 is 0 Å². The van der Waals surface area contributed by atoms with Crippen LogP contribution in [0.2, 0.25) is 0 Å². The third kappa shape index (κ3) is 2.21. The van der Waals surface area contributed by atoms with Gasteiger partial charge in [0, 0.05) is 12.4 Å². The van der Waals surface area contributed by atoms with Crippen molar-refractivity contribution in [1.82, 2.24) is 9.55 Å². The van der Waals surface area contributed by atoms with E-state index < -0.39 is 0 Å². The Hall–Kier alpha value is -2.08. The third-order valence-electron chi connectivity index (χ3n) is 2.72. The lowest BCUT2D eigenvalue weighted by molar-refractivity contribution is 0.587. The van der Waals surface area contributed by atoms with Crippen LogP contribution in [0, 0.1) is 11.3 Å². The van der Waals surface area contributed by atoms with E-state index in [1.54, 1.807) is 10.6 Å². The van der Waals surface area contributed by atoms with Crippen LogP contribution in [0.25, 0.3) is 5.82 Å². The normalized spacial score (nSPS) is 11.2. The van der Waals surface area contributed by atoms with E-state index in [1.165, 1.54) is 5.56 Å². The van der Waals surface area contributed by atoms with Gasteiger partial charge in [-0.3, -0.25) is 4.57 Å². The van der Waals surface area contributed by atoms with Crippen molar-refractivity contribution >= 4 is 0 Å². The molecule has 0 amide bonds. The zero-order valence-electron chi connectivity index (χ0n) is 10.3. The molecule has 0 saturated heterocycles. The van der Waals surface area contributed by atoms with Crippen LogP contribution in [0.1, 0.15) is 32.0 Å². The molecule has 17 heavy (non-hydrogen) atoms. The maximum Gasteiger partial charge on any atom is 0.137 e. The Morgan fingerprint density at radius 1 is 1.24 bits per heavy atom. The molecule has 3 heteroatoms. The van der Waals surface area contributed by atoms with Crippen molar-refractivity contribution in [2.75, 3.05) is 0 Å². The van der Waals surface area contributed by atoms with Crippen molar-refractivity contribution in [3.05, 3.63) is 47.9 Å². The lowest BCUT2D eigenvalue weighted by Gasteiger charge is -2.18. The Labute approximate surface area is 101 Å². The predicted molar refractivity (Wildman–Crippen MR) is 67.0 cm³/mol. The monoisotopic (exact) mass is 225 g/mol. The van der Waals surface area contributed by atoms with E-state index >= 15 is 0 Å². The molecule has 3 nitrogen and oxygen atoms in total. The third-order valence-corrected chi connectivity index (χ3v) is 2.72. The van der Waals surface area contributed by atoms with E-state index in [-0.39, 0.29) is 5.41 Å². The van der Waals surface area contributed by atoms with E-state index in [2.05, 4.69) is 37.9 Å². The minimum atomic E-state index is 0.0975. The number of aromatic nitrogens is 2. The molecule has 0 saturated carbocycles. The number of rotatable bonds is 1. The van der Waals surface area contributed by atoms with E-state index in [4.69, 9.17) is 5.26 Å². The van der Waals surface area contributed by atoms with Gasteiger partial charge in [-0.15, -0.1) is 0 Å². The van der Waals surface area contributed by atoms with Crippen LogP contribution in [0.3, 0.4) is 0 Å². The highest BCUT2D eigenvalue weighted by Crippen LogP contribution is 2.22. The van der Waals surface area contributed by atoms with Gasteiger partial charge in [0.2, 0.25) is 0 Å². The Morgan fingerprint density at radius 3 is 2.53 bits per heavy atom. The van der Waals surface area contributed by atoms with Crippen LogP contribution in [-0.2, 0) is 5.41 Å². The zero-order valence-corrected chi connectivity index (χ0v) is 10.3. The average Bonchev–Trinajstić information content (AvgIpc) is 2.76. The van der Waals surface area contributed by atoms with Crippen molar-refractivity contribution in [2.24, 2.45) is 0 Å². The van der Waals surface area contributed by atoms with Crippen molar-refractivity contribution in [3.63, 3.8) is 0 Å². The fourth-order valence-electron chi connectivity index (χ4n) is 1.64. The molecule has 2 heterocycles. The first-order chi connectivity index (χ1) is 8.02. The molecule has 0 aliphatic carbocycles. The van der Waals surface area contributed by atoms with E-state index in [0.29, 0.717) is 5.69 Å². The van der Waals surface area contributed by atoms with Crippen molar-refractivity contribution in [3.8, 4) is 11.9 Å². The molecule has 0 atom stereocenters. The number of nitrogens with zero attached hydrogens (tertiary/aromatic N) is 3. The van der Waals surface area contributed by atoms with Crippen molar-refractivity contribution in [2.45, 2.75) is 26.2 Å². The fourth-order valence-corrected chi connectivity index (χ4v) is 1.64. The van der Waals surface area contributed by atoms with Gasteiger partial charge in [-0.2, -0.15) is 5.26 Å². The Bertz CT molecular complexity index is 550.